The maximum absolute atomic E-state index is 14.2. The lowest BCUT2D eigenvalue weighted by Gasteiger charge is -2.43. The van der Waals surface area contributed by atoms with Gasteiger partial charge in [-0.05, 0) is 70.9 Å². The molecule has 0 saturated carbocycles. The summed E-state index contributed by atoms with van der Waals surface area (Å²) >= 11 is 0. The van der Waals surface area contributed by atoms with Crippen molar-refractivity contribution >= 4 is 0 Å². The number of hydrogen-bond donors (Lipinski definition) is 1. The molecule has 1 unspecified atom stereocenters. The highest BCUT2D eigenvalue weighted by molar-refractivity contribution is 5.26. The van der Waals surface area contributed by atoms with Crippen LogP contribution >= 0.6 is 0 Å². The molecule has 0 aliphatic carbocycles. The number of rotatable bonds is 6. The maximum atomic E-state index is 14.2. The van der Waals surface area contributed by atoms with Crippen LogP contribution in [0.1, 0.15) is 51.6 Å². The molecule has 0 radical (unpaired) electrons. The summed E-state index contributed by atoms with van der Waals surface area (Å²) in [6, 6.07) is 3.52. The molecule has 0 bridgehead atoms. The van der Waals surface area contributed by atoms with Gasteiger partial charge in [-0.25, -0.2) is 8.78 Å². The van der Waals surface area contributed by atoms with Gasteiger partial charge >= 0.3 is 0 Å². The van der Waals surface area contributed by atoms with Crippen LogP contribution in [0.5, 0.6) is 0 Å². The Bertz CT molecular complexity index is 468. The van der Waals surface area contributed by atoms with Gasteiger partial charge in [0.05, 0.1) is 6.04 Å². The summed E-state index contributed by atoms with van der Waals surface area (Å²) in [5.41, 5.74) is 0.181. The second-order valence-corrected chi connectivity index (χ2v) is 6.40. The van der Waals surface area contributed by atoms with Crippen LogP contribution in [-0.2, 0) is 0 Å². The van der Waals surface area contributed by atoms with Gasteiger partial charge in [0, 0.05) is 11.1 Å². The molecule has 1 aliphatic heterocycles. The van der Waals surface area contributed by atoms with Crippen molar-refractivity contribution in [1.29, 1.82) is 0 Å². The molecular weight excluding hydrogens is 270 g/mol. The van der Waals surface area contributed by atoms with Gasteiger partial charge in [0.15, 0.2) is 0 Å². The molecule has 1 atom stereocenters. The monoisotopic (exact) mass is 296 g/mol. The number of likely N-dealkylation sites (tertiary alicyclic amines) is 1. The van der Waals surface area contributed by atoms with Crippen LogP contribution in [0.25, 0.3) is 0 Å². The quantitative estimate of drug-likeness (QED) is 0.857. The van der Waals surface area contributed by atoms with Gasteiger partial charge in [0.25, 0.3) is 0 Å². The Labute approximate surface area is 126 Å². The summed E-state index contributed by atoms with van der Waals surface area (Å²) in [5.74, 6) is -0.718. The van der Waals surface area contributed by atoms with Crippen molar-refractivity contribution in [1.82, 2.24) is 10.2 Å². The normalized spacial score (nSPS) is 18.1. The van der Waals surface area contributed by atoms with Gasteiger partial charge in [-0.2, -0.15) is 0 Å². The Kier molecular flexibility index (Phi) is 5.33. The Morgan fingerprint density at radius 3 is 2.52 bits per heavy atom. The molecule has 0 aromatic heterocycles. The second kappa shape index (κ2) is 6.84. The van der Waals surface area contributed by atoms with Crippen molar-refractivity contribution < 1.29 is 8.78 Å². The molecule has 1 aliphatic rings. The molecule has 0 spiro atoms. The fourth-order valence-corrected chi connectivity index (χ4v) is 3.24. The van der Waals surface area contributed by atoms with E-state index < -0.39 is 0 Å². The number of benzene rings is 1. The molecule has 4 heteroatoms. The number of hydrogen-bond acceptors (Lipinski definition) is 2. The molecular formula is C17H26F2N2. The van der Waals surface area contributed by atoms with E-state index in [1.807, 2.05) is 0 Å². The lowest BCUT2D eigenvalue weighted by Crippen LogP contribution is -2.52. The standard InChI is InChI=1S/C17H26F2N2/c1-4-9-20-16(14-12-13(18)7-8-15(14)19)17(2,3)21-10-5-6-11-21/h7-8,12,16,20H,4-6,9-11H2,1-3H3. The third-order valence-corrected chi connectivity index (χ3v) is 4.50. The first-order chi connectivity index (χ1) is 9.96. The summed E-state index contributed by atoms with van der Waals surface area (Å²) < 4.78 is 27.8. The van der Waals surface area contributed by atoms with E-state index in [4.69, 9.17) is 0 Å². The van der Waals surface area contributed by atoms with Crippen molar-refractivity contribution in [2.45, 2.75) is 51.6 Å². The Hall–Kier alpha value is -1.00. The topological polar surface area (TPSA) is 15.3 Å². The van der Waals surface area contributed by atoms with Crippen LogP contribution in [-0.4, -0.2) is 30.1 Å². The maximum Gasteiger partial charge on any atom is 0.128 e. The number of nitrogens with one attached hydrogen (secondary N) is 1. The third-order valence-electron chi connectivity index (χ3n) is 4.50. The van der Waals surface area contributed by atoms with E-state index in [9.17, 15) is 8.78 Å². The van der Waals surface area contributed by atoms with Crippen molar-refractivity contribution in [3.63, 3.8) is 0 Å². The molecule has 1 aromatic rings. The van der Waals surface area contributed by atoms with E-state index in [-0.39, 0.29) is 23.2 Å². The van der Waals surface area contributed by atoms with Crippen molar-refractivity contribution in [2.24, 2.45) is 0 Å². The zero-order valence-electron chi connectivity index (χ0n) is 13.3. The van der Waals surface area contributed by atoms with E-state index in [2.05, 4.69) is 31.0 Å². The molecule has 1 saturated heterocycles. The molecule has 1 heterocycles. The van der Waals surface area contributed by atoms with Crippen molar-refractivity contribution in [3.05, 3.63) is 35.4 Å². The molecule has 21 heavy (non-hydrogen) atoms. The highest BCUT2D eigenvalue weighted by Crippen LogP contribution is 2.35. The van der Waals surface area contributed by atoms with Crippen LogP contribution < -0.4 is 5.32 Å². The highest BCUT2D eigenvalue weighted by atomic mass is 19.1. The first-order valence-electron chi connectivity index (χ1n) is 7.90. The van der Waals surface area contributed by atoms with Gasteiger partial charge in [0.1, 0.15) is 11.6 Å². The summed E-state index contributed by atoms with van der Waals surface area (Å²) in [6.07, 6.45) is 3.31. The fourth-order valence-electron chi connectivity index (χ4n) is 3.24. The number of halogens is 2. The fraction of sp³-hybridized carbons (Fsp3) is 0.647. The smallest absolute Gasteiger partial charge is 0.128 e. The van der Waals surface area contributed by atoms with Crippen molar-refractivity contribution in [2.75, 3.05) is 19.6 Å². The second-order valence-electron chi connectivity index (χ2n) is 6.40. The van der Waals surface area contributed by atoms with E-state index in [1.54, 1.807) is 0 Å². The lowest BCUT2D eigenvalue weighted by atomic mass is 9.86. The largest absolute Gasteiger partial charge is 0.308 e. The first kappa shape index (κ1) is 16.4. The molecule has 1 aromatic carbocycles. The molecule has 2 nitrogen and oxygen atoms in total. The molecule has 0 amide bonds. The Morgan fingerprint density at radius 1 is 1.24 bits per heavy atom. The van der Waals surface area contributed by atoms with E-state index in [1.165, 1.54) is 31.0 Å². The first-order valence-corrected chi connectivity index (χ1v) is 7.90. The predicted molar refractivity (Wildman–Crippen MR) is 82.3 cm³/mol. The van der Waals surface area contributed by atoms with Crippen LogP contribution in [0.3, 0.4) is 0 Å². The minimum absolute atomic E-state index is 0.216. The van der Waals surface area contributed by atoms with Gasteiger partial charge in [0.2, 0.25) is 0 Å². The Morgan fingerprint density at radius 2 is 1.90 bits per heavy atom. The third kappa shape index (κ3) is 3.61. The van der Waals surface area contributed by atoms with Crippen LogP contribution in [0.2, 0.25) is 0 Å². The highest BCUT2D eigenvalue weighted by Gasteiger charge is 2.38. The minimum atomic E-state index is -0.382. The molecule has 118 valence electrons. The van der Waals surface area contributed by atoms with Gasteiger partial charge in [-0.15, -0.1) is 0 Å². The van der Waals surface area contributed by atoms with E-state index >= 15 is 0 Å². The molecule has 2 rings (SSSR count). The van der Waals surface area contributed by atoms with E-state index in [0.717, 1.165) is 26.1 Å². The average molecular weight is 296 g/mol. The van der Waals surface area contributed by atoms with Crippen LogP contribution in [0, 0.1) is 11.6 Å². The zero-order valence-corrected chi connectivity index (χ0v) is 13.3. The molecule has 1 N–H and O–H groups in total. The van der Waals surface area contributed by atoms with Crippen molar-refractivity contribution in [3.8, 4) is 0 Å². The van der Waals surface area contributed by atoms with E-state index in [0.29, 0.717) is 5.56 Å². The SMILES string of the molecule is CCCNC(c1cc(F)ccc1F)C(C)(C)N1CCCC1. The average Bonchev–Trinajstić information content (AvgIpc) is 2.97. The predicted octanol–water partition coefficient (Wildman–Crippen LogP) is 3.88. The summed E-state index contributed by atoms with van der Waals surface area (Å²) in [6.45, 7) is 9.15. The van der Waals surface area contributed by atoms with Crippen LogP contribution in [0.4, 0.5) is 8.78 Å². The van der Waals surface area contributed by atoms with Gasteiger partial charge in [-0.3, -0.25) is 4.90 Å². The van der Waals surface area contributed by atoms with Crippen LogP contribution in [0.15, 0.2) is 18.2 Å². The van der Waals surface area contributed by atoms with Gasteiger partial charge in [-0.1, -0.05) is 6.92 Å². The van der Waals surface area contributed by atoms with Gasteiger partial charge < -0.3 is 5.32 Å². The summed E-state index contributed by atoms with van der Waals surface area (Å²) in [5, 5.41) is 3.42. The zero-order chi connectivity index (χ0) is 15.5. The minimum Gasteiger partial charge on any atom is -0.308 e. The molecule has 1 fully saturated rings. The summed E-state index contributed by atoms with van der Waals surface area (Å²) in [4.78, 5) is 2.38. The lowest BCUT2D eigenvalue weighted by molar-refractivity contribution is 0.105. The summed E-state index contributed by atoms with van der Waals surface area (Å²) in [7, 11) is 0. The number of nitrogens with zero attached hydrogens (tertiary/aromatic N) is 1. The Balaban J connectivity index is 2.34.